The third-order valence-electron chi connectivity index (χ3n) is 3.51. The number of aryl methyl sites for hydroxylation is 1. The largest absolute Gasteiger partial charge is 0.493 e. The van der Waals surface area contributed by atoms with Crippen LogP contribution < -0.4 is 15.2 Å². The van der Waals surface area contributed by atoms with Gasteiger partial charge in [0.25, 0.3) is 0 Å². The van der Waals surface area contributed by atoms with Crippen molar-refractivity contribution in [2.75, 3.05) is 18.9 Å². The first-order valence-corrected chi connectivity index (χ1v) is 8.68. The normalized spacial score (nSPS) is 10.5. The first kappa shape index (κ1) is 16.3. The van der Waals surface area contributed by atoms with Crippen LogP contribution in [0.2, 0.25) is 0 Å². The average molecular weight is 340 g/mol. The standard InChI is InChI=1S/C19H20N2O2S/c1-14-18(21-19(20)24-14)15-8-10-17(11-9-15)23-13-5-12-22-16-6-3-2-4-7-16/h2-4,6-11H,5,12-13H2,1H3,(H2,20,21). The van der Waals surface area contributed by atoms with Gasteiger partial charge in [-0.2, -0.15) is 0 Å². The molecule has 0 amide bonds. The molecule has 1 aromatic heterocycles. The Morgan fingerprint density at radius 2 is 1.54 bits per heavy atom. The fraction of sp³-hybridized carbons (Fsp3) is 0.211. The summed E-state index contributed by atoms with van der Waals surface area (Å²) in [5.74, 6) is 1.74. The molecule has 24 heavy (non-hydrogen) atoms. The van der Waals surface area contributed by atoms with E-state index in [1.54, 1.807) is 0 Å². The quantitative estimate of drug-likeness (QED) is 0.641. The molecule has 0 aliphatic carbocycles. The van der Waals surface area contributed by atoms with Crippen LogP contribution >= 0.6 is 11.3 Å². The van der Waals surface area contributed by atoms with Crippen molar-refractivity contribution in [3.05, 3.63) is 59.5 Å². The number of aromatic nitrogens is 1. The van der Waals surface area contributed by atoms with Gasteiger partial charge >= 0.3 is 0 Å². The Bertz CT molecular complexity index is 770. The van der Waals surface area contributed by atoms with Gasteiger partial charge < -0.3 is 15.2 Å². The summed E-state index contributed by atoms with van der Waals surface area (Å²) in [6.45, 7) is 3.29. The van der Waals surface area contributed by atoms with Crippen LogP contribution in [0.1, 0.15) is 11.3 Å². The van der Waals surface area contributed by atoms with Crippen LogP contribution in [-0.4, -0.2) is 18.2 Å². The number of para-hydroxylation sites is 1. The van der Waals surface area contributed by atoms with Crippen LogP contribution in [0.4, 0.5) is 5.13 Å². The van der Waals surface area contributed by atoms with E-state index < -0.39 is 0 Å². The van der Waals surface area contributed by atoms with Crippen molar-refractivity contribution >= 4 is 16.5 Å². The average Bonchev–Trinajstić information content (AvgIpc) is 2.94. The molecule has 0 aliphatic heterocycles. The molecule has 3 rings (SSSR count). The second kappa shape index (κ2) is 7.84. The zero-order chi connectivity index (χ0) is 16.8. The number of ether oxygens (including phenoxy) is 2. The molecule has 0 atom stereocenters. The first-order valence-electron chi connectivity index (χ1n) is 7.86. The molecule has 4 nitrogen and oxygen atoms in total. The van der Waals surface area contributed by atoms with E-state index in [1.165, 1.54) is 11.3 Å². The fourth-order valence-corrected chi connectivity index (χ4v) is 3.06. The van der Waals surface area contributed by atoms with E-state index >= 15 is 0 Å². The Kier molecular flexibility index (Phi) is 5.33. The van der Waals surface area contributed by atoms with E-state index in [4.69, 9.17) is 15.2 Å². The number of hydrogen-bond acceptors (Lipinski definition) is 5. The summed E-state index contributed by atoms with van der Waals surface area (Å²) in [5.41, 5.74) is 7.75. The summed E-state index contributed by atoms with van der Waals surface area (Å²) >= 11 is 1.51. The highest BCUT2D eigenvalue weighted by atomic mass is 32.1. The van der Waals surface area contributed by atoms with Crippen LogP contribution in [0, 0.1) is 6.92 Å². The van der Waals surface area contributed by atoms with Crippen molar-refractivity contribution in [1.29, 1.82) is 0 Å². The van der Waals surface area contributed by atoms with Crippen LogP contribution in [0.15, 0.2) is 54.6 Å². The summed E-state index contributed by atoms with van der Waals surface area (Å²) < 4.78 is 11.4. The minimum atomic E-state index is 0.598. The SMILES string of the molecule is Cc1sc(N)nc1-c1ccc(OCCCOc2ccccc2)cc1. The molecule has 3 aromatic rings. The minimum Gasteiger partial charge on any atom is -0.493 e. The highest BCUT2D eigenvalue weighted by Crippen LogP contribution is 2.29. The molecule has 2 N–H and O–H groups in total. The Labute approximate surface area is 145 Å². The van der Waals surface area contributed by atoms with E-state index in [9.17, 15) is 0 Å². The molecule has 1 heterocycles. The number of anilines is 1. The lowest BCUT2D eigenvalue weighted by Gasteiger charge is -2.08. The molecule has 0 unspecified atom stereocenters. The molecular weight excluding hydrogens is 320 g/mol. The number of rotatable bonds is 7. The molecule has 124 valence electrons. The van der Waals surface area contributed by atoms with Gasteiger partial charge in [0.1, 0.15) is 11.5 Å². The third kappa shape index (κ3) is 4.26. The van der Waals surface area contributed by atoms with Gasteiger partial charge in [0, 0.05) is 16.9 Å². The summed E-state index contributed by atoms with van der Waals surface area (Å²) in [5, 5.41) is 0.598. The number of hydrogen-bond donors (Lipinski definition) is 1. The predicted octanol–water partition coefficient (Wildman–Crippen LogP) is 4.55. The van der Waals surface area contributed by atoms with Gasteiger partial charge in [0.15, 0.2) is 5.13 Å². The van der Waals surface area contributed by atoms with Gasteiger partial charge in [-0.15, -0.1) is 11.3 Å². The van der Waals surface area contributed by atoms with Crippen LogP contribution in [0.25, 0.3) is 11.3 Å². The summed E-state index contributed by atoms with van der Waals surface area (Å²) in [4.78, 5) is 5.49. The molecular formula is C19H20N2O2S. The van der Waals surface area contributed by atoms with Crippen molar-refractivity contribution in [2.45, 2.75) is 13.3 Å². The number of nitrogens with two attached hydrogens (primary N) is 1. The summed E-state index contributed by atoms with van der Waals surface area (Å²) in [6, 6.07) is 17.7. The van der Waals surface area contributed by atoms with Crippen LogP contribution in [-0.2, 0) is 0 Å². The maximum absolute atomic E-state index is 5.75. The number of nitrogens with zero attached hydrogens (tertiary/aromatic N) is 1. The van der Waals surface area contributed by atoms with Crippen LogP contribution in [0.5, 0.6) is 11.5 Å². The highest BCUT2D eigenvalue weighted by molar-refractivity contribution is 7.15. The van der Waals surface area contributed by atoms with Crippen molar-refractivity contribution < 1.29 is 9.47 Å². The van der Waals surface area contributed by atoms with E-state index in [0.717, 1.165) is 34.1 Å². The second-order valence-electron chi connectivity index (χ2n) is 5.34. The minimum absolute atomic E-state index is 0.598. The molecule has 0 aliphatic rings. The smallest absolute Gasteiger partial charge is 0.180 e. The van der Waals surface area contributed by atoms with Gasteiger partial charge in [-0.3, -0.25) is 0 Å². The lowest BCUT2D eigenvalue weighted by Crippen LogP contribution is -2.04. The Balaban J connectivity index is 1.45. The van der Waals surface area contributed by atoms with Crippen molar-refractivity contribution in [1.82, 2.24) is 4.98 Å². The topological polar surface area (TPSA) is 57.4 Å². The van der Waals surface area contributed by atoms with Crippen molar-refractivity contribution in [3.63, 3.8) is 0 Å². The maximum Gasteiger partial charge on any atom is 0.180 e. The number of benzene rings is 2. The molecule has 0 fully saturated rings. The van der Waals surface area contributed by atoms with E-state index in [-0.39, 0.29) is 0 Å². The van der Waals surface area contributed by atoms with E-state index in [1.807, 2.05) is 61.5 Å². The lowest BCUT2D eigenvalue weighted by molar-refractivity contribution is 0.247. The van der Waals surface area contributed by atoms with Crippen LogP contribution in [0.3, 0.4) is 0 Å². The molecule has 0 bridgehead atoms. The molecule has 0 saturated carbocycles. The van der Waals surface area contributed by atoms with Gasteiger partial charge in [-0.05, 0) is 43.3 Å². The zero-order valence-electron chi connectivity index (χ0n) is 13.6. The molecule has 0 radical (unpaired) electrons. The number of thiazole rings is 1. The first-order chi connectivity index (χ1) is 11.7. The maximum atomic E-state index is 5.75. The Morgan fingerprint density at radius 3 is 2.12 bits per heavy atom. The fourth-order valence-electron chi connectivity index (χ4n) is 2.35. The Morgan fingerprint density at radius 1 is 0.917 bits per heavy atom. The summed E-state index contributed by atoms with van der Waals surface area (Å²) in [7, 11) is 0. The van der Waals surface area contributed by atoms with E-state index in [2.05, 4.69) is 4.98 Å². The van der Waals surface area contributed by atoms with Gasteiger partial charge in [-0.25, -0.2) is 4.98 Å². The van der Waals surface area contributed by atoms with Crippen molar-refractivity contribution in [3.8, 4) is 22.8 Å². The molecule has 0 saturated heterocycles. The highest BCUT2D eigenvalue weighted by Gasteiger charge is 2.08. The van der Waals surface area contributed by atoms with E-state index in [0.29, 0.717) is 18.3 Å². The molecule has 5 heteroatoms. The zero-order valence-corrected chi connectivity index (χ0v) is 14.4. The lowest BCUT2D eigenvalue weighted by atomic mass is 10.1. The van der Waals surface area contributed by atoms with Crippen molar-refractivity contribution in [2.24, 2.45) is 0 Å². The predicted molar refractivity (Wildman–Crippen MR) is 98.7 cm³/mol. The molecule has 0 spiro atoms. The second-order valence-corrected chi connectivity index (χ2v) is 6.58. The van der Waals surface area contributed by atoms with Gasteiger partial charge in [0.2, 0.25) is 0 Å². The Hall–Kier alpha value is -2.53. The number of nitrogen functional groups attached to an aromatic ring is 1. The van der Waals surface area contributed by atoms with Gasteiger partial charge in [0.05, 0.1) is 18.9 Å². The third-order valence-corrected chi connectivity index (χ3v) is 4.31. The van der Waals surface area contributed by atoms with Gasteiger partial charge in [-0.1, -0.05) is 18.2 Å². The molecule has 2 aromatic carbocycles. The monoisotopic (exact) mass is 340 g/mol. The summed E-state index contributed by atoms with van der Waals surface area (Å²) in [6.07, 6.45) is 0.832.